The molecule has 0 radical (unpaired) electrons. The molecule has 26 heavy (non-hydrogen) atoms. The molecule has 1 N–H and O–H groups in total. The summed E-state index contributed by atoms with van der Waals surface area (Å²) in [6.45, 7) is 0.358. The molecule has 0 aliphatic rings. The highest BCUT2D eigenvalue weighted by molar-refractivity contribution is 7.13. The third-order valence-corrected chi connectivity index (χ3v) is 4.65. The van der Waals surface area contributed by atoms with Crippen LogP contribution in [0.2, 0.25) is 0 Å². The SMILES string of the molecule is COc1cccc(CNC(=O)Cc2csc(-c3ccccn3)n2)c1OC. The number of para-hydroxylation sites is 1. The standard InChI is InChI=1S/C19H19N3O3S/c1-24-16-8-5-6-13(18(16)25-2)11-21-17(23)10-14-12-26-19(22-14)15-7-3-4-9-20-15/h3-9,12H,10-11H2,1-2H3,(H,21,23). The van der Waals surface area contributed by atoms with Crippen molar-refractivity contribution in [3.8, 4) is 22.2 Å². The van der Waals surface area contributed by atoms with Crippen LogP contribution >= 0.6 is 11.3 Å². The number of rotatable bonds is 7. The molecule has 0 saturated heterocycles. The van der Waals surface area contributed by atoms with Crippen LogP contribution in [0.1, 0.15) is 11.3 Å². The zero-order valence-corrected chi connectivity index (χ0v) is 15.4. The van der Waals surface area contributed by atoms with Crippen molar-refractivity contribution in [2.24, 2.45) is 0 Å². The number of benzene rings is 1. The van der Waals surface area contributed by atoms with Gasteiger partial charge in [0.15, 0.2) is 11.5 Å². The Morgan fingerprint density at radius 3 is 2.77 bits per heavy atom. The number of aromatic nitrogens is 2. The summed E-state index contributed by atoms with van der Waals surface area (Å²) in [5.41, 5.74) is 2.39. The number of ether oxygens (including phenoxy) is 2. The van der Waals surface area contributed by atoms with Gasteiger partial charge in [0.05, 0.1) is 32.0 Å². The first-order chi connectivity index (χ1) is 12.7. The average Bonchev–Trinajstić information content (AvgIpc) is 3.15. The lowest BCUT2D eigenvalue weighted by atomic mass is 10.2. The van der Waals surface area contributed by atoms with E-state index in [1.807, 2.05) is 41.8 Å². The number of hydrogen-bond donors (Lipinski definition) is 1. The fourth-order valence-corrected chi connectivity index (χ4v) is 3.30. The minimum atomic E-state index is -0.104. The largest absolute Gasteiger partial charge is 0.493 e. The van der Waals surface area contributed by atoms with Gasteiger partial charge in [-0.2, -0.15) is 0 Å². The second kappa shape index (κ2) is 8.44. The first-order valence-electron chi connectivity index (χ1n) is 8.03. The Balaban J connectivity index is 1.61. The molecule has 2 aromatic heterocycles. The second-order valence-electron chi connectivity index (χ2n) is 5.47. The quantitative estimate of drug-likeness (QED) is 0.693. The van der Waals surface area contributed by atoms with E-state index in [1.54, 1.807) is 20.4 Å². The lowest BCUT2D eigenvalue weighted by Crippen LogP contribution is -2.25. The van der Waals surface area contributed by atoms with E-state index in [9.17, 15) is 4.79 Å². The molecule has 0 bridgehead atoms. The molecule has 0 saturated carbocycles. The maximum atomic E-state index is 12.3. The number of carbonyl (C=O) groups excluding carboxylic acids is 1. The molecule has 3 aromatic rings. The van der Waals surface area contributed by atoms with Crippen molar-refractivity contribution >= 4 is 17.2 Å². The van der Waals surface area contributed by atoms with Gasteiger partial charge in [-0.25, -0.2) is 4.98 Å². The second-order valence-corrected chi connectivity index (χ2v) is 6.32. The third kappa shape index (κ3) is 4.18. The van der Waals surface area contributed by atoms with Crippen LogP contribution in [0.5, 0.6) is 11.5 Å². The maximum Gasteiger partial charge on any atom is 0.226 e. The number of hydrogen-bond acceptors (Lipinski definition) is 6. The zero-order valence-electron chi connectivity index (χ0n) is 14.6. The van der Waals surface area contributed by atoms with Crippen LogP contribution in [0.15, 0.2) is 48.0 Å². The Bertz CT molecular complexity index is 881. The minimum Gasteiger partial charge on any atom is -0.493 e. The lowest BCUT2D eigenvalue weighted by molar-refractivity contribution is -0.120. The van der Waals surface area contributed by atoms with Crippen LogP contribution in [0.4, 0.5) is 0 Å². The van der Waals surface area contributed by atoms with Crippen LogP contribution in [-0.2, 0) is 17.8 Å². The Labute approximate surface area is 155 Å². The lowest BCUT2D eigenvalue weighted by Gasteiger charge is -2.13. The molecule has 3 rings (SSSR count). The Kier molecular flexibility index (Phi) is 5.80. The normalized spacial score (nSPS) is 10.4. The van der Waals surface area contributed by atoms with Crippen molar-refractivity contribution in [3.05, 3.63) is 59.2 Å². The molecule has 134 valence electrons. The molecular weight excluding hydrogens is 350 g/mol. The molecule has 0 fully saturated rings. The predicted octanol–water partition coefficient (Wildman–Crippen LogP) is 3.08. The topological polar surface area (TPSA) is 73.3 Å². The smallest absolute Gasteiger partial charge is 0.226 e. The van der Waals surface area contributed by atoms with E-state index in [-0.39, 0.29) is 12.3 Å². The predicted molar refractivity (Wildman–Crippen MR) is 100 cm³/mol. The van der Waals surface area contributed by atoms with Gasteiger partial charge in [-0.15, -0.1) is 11.3 Å². The first-order valence-corrected chi connectivity index (χ1v) is 8.91. The van der Waals surface area contributed by atoms with E-state index in [4.69, 9.17) is 9.47 Å². The van der Waals surface area contributed by atoms with Gasteiger partial charge in [-0.1, -0.05) is 18.2 Å². The number of carbonyl (C=O) groups is 1. The van der Waals surface area contributed by atoms with Crippen molar-refractivity contribution in [2.45, 2.75) is 13.0 Å². The van der Waals surface area contributed by atoms with Gasteiger partial charge < -0.3 is 14.8 Å². The Hall–Kier alpha value is -2.93. The van der Waals surface area contributed by atoms with E-state index >= 15 is 0 Å². The fourth-order valence-electron chi connectivity index (χ4n) is 2.51. The summed E-state index contributed by atoms with van der Waals surface area (Å²) in [7, 11) is 3.17. The summed E-state index contributed by atoms with van der Waals surface area (Å²) in [6, 6.07) is 11.2. The molecule has 0 spiro atoms. The van der Waals surface area contributed by atoms with Crippen LogP contribution in [0.25, 0.3) is 10.7 Å². The van der Waals surface area contributed by atoms with E-state index in [0.717, 1.165) is 22.0 Å². The average molecular weight is 369 g/mol. The summed E-state index contributed by atoms with van der Waals surface area (Å²) >= 11 is 1.48. The highest BCUT2D eigenvalue weighted by Crippen LogP contribution is 2.30. The van der Waals surface area contributed by atoms with Gasteiger partial charge in [0, 0.05) is 23.7 Å². The van der Waals surface area contributed by atoms with E-state index in [1.165, 1.54) is 11.3 Å². The van der Waals surface area contributed by atoms with E-state index in [0.29, 0.717) is 18.0 Å². The number of pyridine rings is 1. The van der Waals surface area contributed by atoms with Crippen LogP contribution in [-0.4, -0.2) is 30.1 Å². The van der Waals surface area contributed by atoms with Crippen molar-refractivity contribution in [1.82, 2.24) is 15.3 Å². The maximum absolute atomic E-state index is 12.3. The molecule has 6 nitrogen and oxygen atoms in total. The summed E-state index contributed by atoms with van der Waals surface area (Å²) < 4.78 is 10.6. The van der Waals surface area contributed by atoms with Gasteiger partial charge in [-0.3, -0.25) is 9.78 Å². The molecule has 0 atom stereocenters. The molecule has 2 heterocycles. The van der Waals surface area contributed by atoms with E-state index < -0.39 is 0 Å². The number of thiazole rings is 1. The molecule has 0 unspecified atom stereocenters. The first kappa shape index (κ1) is 17.9. The molecule has 1 amide bonds. The molecular formula is C19H19N3O3S. The Morgan fingerprint density at radius 2 is 2.04 bits per heavy atom. The molecule has 7 heteroatoms. The number of amides is 1. The number of nitrogens with one attached hydrogen (secondary N) is 1. The summed E-state index contributed by atoms with van der Waals surface area (Å²) in [4.78, 5) is 21.0. The Morgan fingerprint density at radius 1 is 1.15 bits per heavy atom. The molecule has 1 aromatic carbocycles. The van der Waals surface area contributed by atoms with Gasteiger partial charge in [0.1, 0.15) is 5.01 Å². The summed E-state index contributed by atoms with van der Waals surface area (Å²) in [5, 5.41) is 5.59. The minimum absolute atomic E-state index is 0.104. The molecule has 0 aliphatic heterocycles. The van der Waals surface area contributed by atoms with E-state index in [2.05, 4.69) is 15.3 Å². The third-order valence-electron chi connectivity index (χ3n) is 3.74. The van der Waals surface area contributed by atoms with Crippen LogP contribution in [0.3, 0.4) is 0 Å². The van der Waals surface area contributed by atoms with Crippen molar-refractivity contribution in [3.63, 3.8) is 0 Å². The van der Waals surface area contributed by atoms with Gasteiger partial charge in [0.25, 0.3) is 0 Å². The van der Waals surface area contributed by atoms with Crippen LogP contribution < -0.4 is 14.8 Å². The van der Waals surface area contributed by atoms with Crippen molar-refractivity contribution < 1.29 is 14.3 Å². The summed E-state index contributed by atoms with van der Waals surface area (Å²) in [6.07, 6.45) is 1.94. The fraction of sp³-hybridized carbons (Fsp3) is 0.211. The van der Waals surface area contributed by atoms with Gasteiger partial charge in [0.2, 0.25) is 5.91 Å². The summed E-state index contributed by atoms with van der Waals surface area (Å²) in [5.74, 6) is 1.16. The van der Waals surface area contributed by atoms with Gasteiger partial charge >= 0.3 is 0 Å². The van der Waals surface area contributed by atoms with Gasteiger partial charge in [-0.05, 0) is 18.2 Å². The highest BCUT2D eigenvalue weighted by Gasteiger charge is 2.12. The highest BCUT2D eigenvalue weighted by atomic mass is 32.1. The monoisotopic (exact) mass is 369 g/mol. The number of nitrogens with zero attached hydrogens (tertiary/aromatic N) is 2. The van der Waals surface area contributed by atoms with Crippen molar-refractivity contribution in [1.29, 1.82) is 0 Å². The number of methoxy groups -OCH3 is 2. The van der Waals surface area contributed by atoms with Crippen molar-refractivity contribution in [2.75, 3.05) is 14.2 Å². The van der Waals surface area contributed by atoms with Crippen LogP contribution in [0, 0.1) is 0 Å². The zero-order chi connectivity index (χ0) is 18.4. The molecule has 0 aliphatic carbocycles.